The standard InChI is InChI=1S/C11H7BrClN3/c12-8-7-16(15-10(8)5-6-14)11-4-2-1-3-9(11)13/h1-4,7H,5H2. The van der Waals surface area contributed by atoms with Gasteiger partial charge in [0.05, 0.1) is 33.4 Å². The van der Waals surface area contributed by atoms with Crippen LogP contribution in [0, 0.1) is 11.3 Å². The van der Waals surface area contributed by atoms with Crippen LogP contribution in [0.15, 0.2) is 34.9 Å². The van der Waals surface area contributed by atoms with Crippen molar-refractivity contribution < 1.29 is 0 Å². The molecule has 0 radical (unpaired) electrons. The van der Waals surface area contributed by atoms with Crippen molar-refractivity contribution in [3.05, 3.63) is 45.7 Å². The number of aromatic nitrogens is 2. The van der Waals surface area contributed by atoms with E-state index in [0.717, 1.165) is 10.2 Å². The summed E-state index contributed by atoms with van der Waals surface area (Å²) in [5, 5.41) is 13.6. The fourth-order valence-corrected chi connectivity index (χ4v) is 1.98. The Kier molecular flexibility index (Phi) is 3.28. The summed E-state index contributed by atoms with van der Waals surface area (Å²) in [6.45, 7) is 0. The lowest BCUT2D eigenvalue weighted by atomic mass is 10.3. The molecular weight excluding hydrogens is 289 g/mol. The summed E-state index contributed by atoms with van der Waals surface area (Å²) in [5.74, 6) is 0. The number of rotatable bonds is 2. The lowest BCUT2D eigenvalue weighted by Crippen LogP contribution is -1.96. The van der Waals surface area contributed by atoms with E-state index >= 15 is 0 Å². The fraction of sp³-hybridized carbons (Fsp3) is 0.0909. The van der Waals surface area contributed by atoms with Crippen molar-refractivity contribution in [3.8, 4) is 11.8 Å². The van der Waals surface area contributed by atoms with Crippen LogP contribution in [0.3, 0.4) is 0 Å². The molecule has 1 aromatic carbocycles. The number of benzene rings is 1. The minimum absolute atomic E-state index is 0.276. The highest BCUT2D eigenvalue weighted by molar-refractivity contribution is 9.10. The maximum Gasteiger partial charge on any atom is 0.0911 e. The maximum absolute atomic E-state index is 8.63. The number of para-hydroxylation sites is 1. The van der Waals surface area contributed by atoms with E-state index in [1.165, 1.54) is 0 Å². The van der Waals surface area contributed by atoms with Crippen LogP contribution in [-0.2, 0) is 6.42 Å². The Labute approximate surface area is 106 Å². The first-order valence-electron chi connectivity index (χ1n) is 4.58. The Morgan fingerprint density at radius 3 is 2.88 bits per heavy atom. The molecule has 0 bridgehead atoms. The zero-order valence-electron chi connectivity index (χ0n) is 8.19. The Bertz CT molecular complexity index is 557. The molecule has 0 aliphatic heterocycles. The lowest BCUT2D eigenvalue weighted by Gasteiger charge is -2.02. The van der Waals surface area contributed by atoms with Crippen LogP contribution in [0.25, 0.3) is 5.69 Å². The number of nitriles is 1. The van der Waals surface area contributed by atoms with Crippen LogP contribution in [0.5, 0.6) is 0 Å². The van der Waals surface area contributed by atoms with Crippen molar-refractivity contribution in [2.75, 3.05) is 0 Å². The quantitative estimate of drug-likeness (QED) is 0.853. The van der Waals surface area contributed by atoms with E-state index in [4.69, 9.17) is 16.9 Å². The maximum atomic E-state index is 8.63. The van der Waals surface area contributed by atoms with Crippen molar-refractivity contribution in [1.29, 1.82) is 5.26 Å². The molecule has 0 saturated heterocycles. The molecule has 1 heterocycles. The molecule has 2 rings (SSSR count). The van der Waals surface area contributed by atoms with Gasteiger partial charge < -0.3 is 0 Å². The fourth-order valence-electron chi connectivity index (χ4n) is 1.34. The highest BCUT2D eigenvalue weighted by atomic mass is 79.9. The van der Waals surface area contributed by atoms with Gasteiger partial charge in [-0.1, -0.05) is 23.7 Å². The van der Waals surface area contributed by atoms with Crippen LogP contribution in [0.4, 0.5) is 0 Å². The topological polar surface area (TPSA) is 41.6 Å². The van der Waals surface area contributed by atoms with E-state index in [1.807, 2.05) is 18.2 Å². The molecule has 0 aliphatic rings. The molecule has 0 amide bonds. The minimum Gasteiger partial charge on any atom is -0.238 e. The molecule has 0 N–H and O–H groups in total. The third-order valence-corrected chi connectivity index (χ3v) is 3.07. The van der Waals surface area contributed by atoms with Crippen LogP contribution < -0.4 is 0 Å². The van der Waals surface area contributed by atoms with Gasteiger partial charge in [-0.25, -0.2) is 4.68 Å². The first-order chi connectivity index (χ1) is 7.72. The van der Waals surface area contributed by atoms with Gasteiger partial charge in [-0.2, -0.15) is 10.4 Å². The molecular formula is C11H7BrClN3. The number of nitrogens with zero attached hydrogens (tertiary/aromatic N) is 3. The summed E-state index contributed by atoms with van der Waals surface area (Å²) in [6, 6.07) is 9.49. The van der Waals surface area contributed by atoms with Gasteiger partial charge in [0.2, 0.25) is 0 Å². The molecule has 0 aliphatic carbocycles. The van der Waals surface area contributed by atoms with Crippen LogP contribution >= 0.6 is 27.5 Å². The van der Waals surface area contributed by atoms with E-state index in [-0.39, 0.29) is 6.42 Å². The normalized spacial score (nSPS) is 10.1. The molecule has 16 heavy (non-hydrogen) atoms. The van der Waals surface area contributed by atoms with Gasteiger partial charge in [-0.15, -0.1) is 0 Å². The molecule has 5 heteroatoms. The Balaban J connectivity index is 2.46. The summed E-state index contributed by atoms with van der Waals surface area (Å²) < 4.78 is 2.48. The molecule has 0 fully saturated rings. The highest BCUT2D eigenvalue weighted by Gasteiger charge is 2.09. The van der Waals surface area contributed by atoms with Gasteiger partial charge in [0.1, 0.15) is 0 Å². The van der Waals surface area contributed by atoms with Gasteiger partial charge in [-0.05, 0) is 28.1 Å². The van der Waals surface area contributed by atoms with E-state index in [0.29, 0.717) is 10.7 Å². The monoisotopic (exact) mass is 295 g/mol. The second-order valence-corrected chi connectivity index (χ2v) is 4.42. The average molecular weight is 297 g/mol. The van der Waals surface area contributed by atoms with E-state index in [2.05, 4.69) is 27.1 Å². The van der Waals surface area contributed by atoms with Crippen molar-refractivity contribution in [3.63, 3.8) is 0 Å². The highest BCUT2D eigenvalue weighted by Crippen LogP contribution is 2.23. The largest absolute Gasteiger partial charge is 0.238 e. The SMILES string of the molecule is N#CCc1nn(-c2ccccc2Cl)cc1Br. The van der Waals surface area contributed by atoms with Crippen molar-refractivity contribution in [1.82, 2.24) is 9.78 Å². The van der Waals surface area contributed by atoms with E-state index in [9.17, 15) is 0 Å². The minimum atomic E-state index is 0.276. The van der Waals surface area contributed by atoms with Gasteiger partial charge >= 0.3 is 0 Å². The molecule has 0 unspecified atom stereocenters. The first kappa shape index (κ1) is 11.2. The molecule has 3 nitrogen and oxygen atoms in total. The summed E-state index contributed by atoms with van der Waals surface area (Å²) in [6.07, 6.45) is 2.08. The summed E-state index contributed by atoms with van der Waals surface area (Å²) in [5.41, 5.74) is 1.51. The van der Waals surface area contributed by atoms with E-state index < -0.39 is 0 Å². The molecule has 1 aromatic heterocycles. The van der Waals surface area contributed by atoms with Crippen molar-refractivity contribution >= 4 is 27.5 Å². The average Bonchev–Trinajstić information content (AvgIpc) is 2.61. The Morgan fingerprint density at radius 2 is 2.19 bits per heavy atom. The first-order valence-corrected chi connectivity index (χ1v) is 5.75. The molecule has 0 spiro atoms. The predicted molar refractivity (Wildman–Crippen MR) is 65.6 cm³/mol. The van der Waals surface area contributed by atoms with Gasteiger partial charge in [0.25, 0.3) is 0 Å². The molecule has 0 saturated carbocycles. The van der Waals surface area contributed by atoms with Gasteiger partial charge in [0.15, 0.2) is 0 Å². The smallest absolute Gasteiger partial charge is 0.0911 e. The number of halogens is 2. The summed E-state index contributed by atoms with van der Waals surface area (Å²) in [7, 11) is 0. The number of hydrogen-bond acceptors (Lipinski definition) is 2. The number of hydrogen-bond donors (Lipinski definition) is 0. The van der Waals surface area contributed by atoms with Crippen LogP contribution in [0.1, 0.15) is 5.69 Å². The van der Waals surface area contributed by atoms with E-state index in [1.54, 1.807) is 16.9 Å². The van der Waals surface area contributed by atoms with Crippen molar-refractivity contribution in [2.45, 2.75) is 6.42 Å². The molecule has 0 atom stereocenters. The molecule has 80 valence electrons. The second-order valence-electron chi connectivity index (χ2n) is 3.15. The van der Waals surface area contributed by atoms with Crippen LogP contribution in [0.2, 0.25) is 5.02 Å². The van der Waals surface area contributed by atoms with Gasteiger partial charge in [0, 0.05) is 6.20 Å². The second kappa shape index (κ2) is 4.69. The molecule has 2 aromatic rings. The predicted octanol–water partition coefficient (Wildman–Crippen LogP) is 3.35. The van der Waals surface area contributed by atoms with Gasteiger partial charge in [-0.3, -0.25) is 0 Å². The van der Waals surface area contributed by atoms with Crippen molar-refractivity contribution in [2.24, 2.45) is 0 Å². The zero-order chi connectivity index (χ0) is 11.5. The zero-order valence-corrected chi connectivity index (χ0v) is 10.5. The summed E-state index contributed by atoms with van der Waals surface area (Å²) >= 11 is 9.42. The Morgan fingerprint density at radius 1 is 1.44 bits per heavy atom. The third kappa shape index (κ3) is 2.11. The third-order valence-electron chi connectivity index (χ3n) is 2.09. The summed E-state index contributed by atoms with van der Waals surface area (Å²) in [4.78, 5) is 0. The Hall–Kier alpha value is -1.31. The van der Waals surface area contributed by atoms with Crippen LogP contribution in [-0.4, -0.2) is 9.78 Å². The lowest BCUT2D eigenvalue weighted by molar-refractivity contribution is 0.853.